The Labute approximate surface area is 128 Å². The second-order valence-corrected chi connectivity index (χ2v) is 5.95. The minimum atomic E-state index is 0.705. The molecule has 0 aliphatic carbocycles. The summed E-state index contributed by atoms with van der Waals surface area (Å²) < 4.78 is 7.00. The van der Waals surface area contributed by atoms with Gasteiger partial charge in [-0.2, -0.15) is 0 Å². The van der Waals surface area contributed by atoms with Gasteiger partial charge >= 0.3 is 0 Å². The zero-order valence-corrected chi connectivity index (χ0v) is 13.2. The second kappa shape index (κ2) is 6.26. The van der Waals surface area contributed by atoms with Gasteiger partial charge in [-0.15, -0.1) is 0 Å². The largest absolute Gasteiger partial charge is 0.491 e. The van der Waals surface area contributed by atoms with E-state index in [1.165, 1.54) is 0 Å². The van der Waals surface area contributed by atoms with Gasteiger partial charge in [0, 0.05) is 24.2 Å². The highest BCUT2D eigenvalue weighted by Gasteiger charge is 2.13. The monoisotopic (exact) mass is 301 g/mol. The molecule has 0 aliphatic heterocycles. The maximum Gasteiger partial charge on any atom is 0.183 e. The van der Waals surface area contributed by atoms with Crippen LogP contribution in [0.4, 0.5) is 5.13 Å². The summed E-state index contributed by atoms with van der Waals surface area (Å²) in [4.78, 5) is 9.19. The van der Waals surface area contributed by atoms with Gasteiger partial charge in [0.1, 0.15) is 11.3 Å². The van der Waals surface area contributed by atoms with E-state index < -0.39 is 0 Å². The number of anilines is 1. The molecule has 0 amide bonds. The summed E-state index contributed by atoms with van der Waals surface area (Å²) in [7, 11) is 0. The first-order chi connectivity index (χ1) is 10.3. The predicted octanol–water partition coefficient (Wildman–Crippen LogP) is 4.46. The molecular formula is C16H19N3OS. The second-order valence-electron chi connectivity index (χ2n) is 4.92. The Bertz CT molecular complexity index is 754. The summed E-state index contributed by atoms with van der Waals surface area (Å²) in [5.74, 6) is 0.852. The van der Waals surface area contributed by atoms with Crippen molar-refractivity contribution in [3.63, 3.8) is 0 Å². The quantitative estimate of drug-likeness (QED) is 0.730. The van der Waals surface area contributed by atoms with E-state index in [2.05, 4.69) is 36.3 Å². The normalized spacial score (nSPS) is 11.1. The van der Waals surface area contributed by atoms with Gasteiger partial charge in [0.05, 0.1) is 16.8 Å². The van der Waals surface area contributed by atoms with Crippen LogP contribution in [0.2, 0.25) is 0 Å². The van der Waals surface area contributed by atoms with Gasteiger partial charge < -0.3 is 10.1 Å². The van der Waals surface area contributed by atoms with Crippen molar-refractivity contribution < 1.29 is 4.74 Å². The molecule has 3 rings (SSSR count). The van der Waals surface area contributed by atoms with Crippen molar-refractivity contribution in [3.05, 3.63) is 24.4 Å². The van der Waals surface area contributed by atoms with E-state index >= 15 is 0 Å². The molecule has 21 heavy (non-hydrogen) atoms. The summed E-state index contributed by atoms with van der Waals surface area (Å²) in [5.41, 5.74) is 1.90. The van der Waals surface area contributed by atoms with Crippen LogP contribution in [0.15, 0.2) is 24.4 Å². The fourth-order valence-corrected chi connectivity index (χ4v) is 3.17. The lowest BCUT2D eigenvalue weighted by Gasteiger charge is -2.07. The Hall–Kier alpha value is -1.88. The third kappa shape index (κ3) is 2.78. The van der Waals surface area contributed by atoms with E-state index in [1.54, 1.807) is 17.5 Å². The highest BCUT2D eigenvalue weighted by atomic mass is 32.1. The molecule has 0 saturated carbocycles. The van der Waals surface area contributed by atoms with Gasteiger partial charge in [-0.1, -0.05) is 25.2 Å². The molecule has 2 heterocycles. The van der Waals surface area contributed by atoms with Crippen molar-refractivity contribution in [3.8, 4) is 5.75 Å². The molecule has 110 valence electrons. The first kappa shape index (κ1) is 14.1. The molecule has 0 atom stereocenters. The molecular weight excluding hydrogens is 282 g/mol. The van der Waals surface area contributed by atoms with Crippen molar-refractivity contribution in [1.82, 2.24) is 9.97 Å². The Morgan fingerprint density at radius 3 is 2.95 bits per heavy atom. The van der Waals surface area contributed by atoms with E-state index in [0.717, 1.165) is 51.4 Å². The van der Waals surface area contributed by atoms with Crippen molar-refractivity contribution in [1.29, 1.82) is 0 Å². The number of thiazole rings is 1. The Balaban J connectivity index is 2.13. The topological polar surface area (TPSA) is 47.0 Å². The summed E-state index contributed by atoms with van der Waals surface area (Å²) in [5, 5.41) is 5.38. The van der Waals surface area contributed by atoms with Crippen molar-refractivity contribution in [2.24, 2.45) is 0 Å². The maximum absolute atomic E-state index is 5.86. The molecule has 0 spiro atoms. The summed E-state index contributed by atoms with van der Waals surface area (Å²) in [6, 6.07) is 6.08. The lowest BCUT2D eigenvalue weighted by molar-refractivity contribution is 0.321. The summed E-state index contributed by atoms with van der Waals surface area (Å²) in [6.45, 7) is 5.90. The number of nitrogens with one attached hydrogen (secondary N) is 1. The first-order valence-corrected chi connectivity index (χ1v) is 8.20. The number of pyridine rings is 1. The SMILES string of the molecule is CCCNc1nc2c(cc(OCCC)c3ncccc32)s1. The number of benzene rings is 1. The predicted molar refractivity (Wildman–Crippen MR) is 89.5 cm³/mol. The lowest BCUT2D eigenvalue weighted by atomic mass is 10.2. The van der Waals surface area contributed by atoms with E-state index in [1.807, 2.05) is 6.07 Å². The third-order valence-corrected chi connectivity index (χ3v) is 4.16. The average molecular weight is 301 g/mol. The van der Waals surface area contributed by atoms with Gasteiger partial charge in [-0.05, 0) is 25.0 Å². The smallest absolute Gasteiger partial charge is 0.183 e. The van der Waals surface area contributed by atoms with Gasteiger partial charge in [-0.3, -0.25) is 4.98 Å². The molecule has 5 heteroatoms. The minimum absolute atomic E-state index is 0.705. The standard InChI is InChI=1S/C16H19N3OS/c1-3-7-18-16-19-15-11-6-5-8-17-14(11)12(20-9-4-2)10-13(15)21-16/h5-6,8,10H,3-4,7,9H2,1-2H3,(H,18,19). The molecule has 1 N–H and O–H groups in total. The zero-order chi connectivity index (χ0) is 14.7. The first-order valence-electron chi connectivity index (χ1n) is 7.38. The Morgan fingerprint density at radius 1 is 1.24 bits per heavy atom. The number of nitrogens with zero attached hydrogens (tertiary/aromatic N) is 2. The number of fused-ring (bicyclic) bond motifs is 3. The van der Waals surface area contributed by atoms with E-state index in [4.69, 9.17) is 9.72 Å². The van der Waals surface area contributed by atoms with Gasteiger partial charge in [0.2, 0.25) is 0 Å². The van der Waals surface area contributed by atoms with Gasteiger partial charge in [-0.25, -0.2) is 4.98 Å². The van der Waals surface area contributed by atoms with Crippen molar-refractivity contribution >= 4 is 37.6 Å². The van der Waals surface area contributed by atoms with Crippen LogP contribution >= 0.6 is 11.3 Å². The van der Waals surface area contributed by atoms with Crippen LogP contribution in [0.5, 0.6) is 5.75 Å². The highest BCUT2D eigenvalue weighted by molar-refractivity contribution is 7.22. The van der Waals surface area contributed by atoms with E-state index in [9.17, 15) is 0 Å². The van der Waals surface area contributed by atoms with Crippen LogP contribution in [0.3, 0.4) is 0 Å². The van der Waals surface area contributed by atoms with Crippen LogP contribution in [-0.4, -0.2) is 23.1 Å². The van der Waals surface area contributed by atoms with Crippen molar-refractivity contribution in [2.45, 2.75) is 26.7 Å². The van der Waals surface area contributed by atoms with E-state index in [0.29, 0.717) is 6.61 Å². The van der Waals surface area contributed by atoms with Crippen LogP contribution < -0.4 is 10.1 Å². The number of rotatable bonds is 6. The lowest BCUT2D eigenvalue weighted by Crippen LogP contribution is -1.98. The molecule has 2 aromatic heterocycles. The van der Waals surface area contributed by atoms with E-state index in [-0.39, 0.29) is 0 Å². The molecule has 0 saturated heterocycles. The number of hydrogen-bond acceptors (Lipinski definition) is 5. The maximum atomic E-state index is 5.86. The summed E-state index contributed by atoms with van der Waals surface area (Å²) in [6.07, 6.45) is 3.87. The third-order valence-electron chi connectivity index (χ3n) is 3.20. The van der Waals surface area contributed by atoms with Crippen molar-refractivity contribution in [2.75, 3.05) is 18.5 Å². The van der Waals surface area contributed by atoms with Gasteiger partial charge in [0.25, 0.3) is 0 Å². The average Bonchev–Trinajstić information content (AvgIpc) is 2.93. The number of hydrogen-bond donors (Lipinski definition) is 1. The van der Waals surface area contributed by atoms with Crippen LogP contribution in [-0.2, 0) is 0 Å². The molecule has 3 aromatic rings. The number of ether oxygens (including phenoxy) is 1. The van der Waals surface area contributed by atoms with Crippen LogP contribution in [0.25, 0.3) is 21.1 Å². The highest BCUT2D eigenvalue weighted by Crippen LogP contribution is 2.36. The molecule has 0 bridgehead atoms. The Kier molecular flexibility index (Phi) is 4.20. The summed E-state index contributed by atoms with van der Waals surface area (Å²) >= 11 is 1.67. The molecule has 1 aromatic carbocycles. The molecule has 4 nitrogen and oxygen atoms in total. The zero-order valence-electron chi connectivity index (χ0n) is 12.3. The Morgan fingerprint density at radius 2 is 2.14 bits per heavy atom. The fourth-order valence-electron chi connectivity index (χ4n) is 2.23. The molecule has 0 radical (unpaired) electrons. The van der Waals surface area contributed by atoms with Crippen LogP contribution in [0, 0.1) is 0 Å². The van der Waals surface area contributed by atoms with Gasteiger partial charge in [0.15, 0.2) is 5.13 Å². The minimum Gasteiger partial charge on any atom is -0.491 e. The van der Waals surface area contributed by atoms with Crippen LogP contribution in [0.1, 0.15) is 26.7 Å². The molecule has 0 unspecified atom stereocenters. The number of aromatic nitrogens is 2. The fraction of sp³-hybridized carbons (Fsp3) is 0.375. The molecule has 0 aliphatic rings. The molecule has 0 fully saturated rings.